The van der Waals surface area contributed by atoms with Crippen molar-refractivity contribution in [1.29, 1.82) is 0 Å². The van der Waals surface area contributed by atoms with Gasteiger partial charge in [-0.2, -0.15) is 0 Å². The Labute approximate surface area is 192 Å². The largest absolute Gasteiger partial charge is 0.490 e. The molecule has 8 heteroatoms. The molecule has 1 fully saturated rings. The van der Waals surface area contributed by atoms with Gasteiger partial charge in [0.15, 0.2) is 0 Å². The Morgan fingerprint density at radius 3 is 1.84 bits per heavy atom. The molecule has 1 aliphatic carbocycles. The van der Waals surface area contributed by atoms with E-state index in [2.05, 4.69) is 10.6 Å². The van der Waals surface area contributed by atoms with Crippen LogP contribution in [0.15, 0.2) is 48.5 Å². The number of ether oxygens (including phenoxy) is 1. The van der Waals surface area contributed by atoms with Crippen LogP contribution >= 0.6 is 11.6 Å². The third-order valence-corrected chi connectivity index (χ3v) is 5.73. The highest BCUT2D eigenvalue weighted by atomic mass is 35.5. The molecule has 0 unspecified atom stereocenters. The van der Waals surface area contributed by atoms with Gasteiger partial charge in [-0.25, -0.2) is 0 Å². The molecule has 0 heterocycles. The lowest BCUT2D eigenvalue weighted by molar-refractivity contribution is -0.138. The van der Waals surface area contributed by atoms with Crippen molar-refractivity contribution in [3.8, 4) is 5.75 Å². The minimum atomic E-state index is -0.743. The lowest BCUT2D eigenvalue weighted by Gasteiger charge is -2.28. The van der Waals surface area contributed by atoms with Crippen LogP contribution in [0.4, 0.5) is 0 Å². The summed E-state index contributed by atoms with van der Waals surface area (Å²) >= 11 is 5.81. The van der Waals surface area contributed by atoms with Gasteiger partial charge in [-0.15, -0.1) is 0 Å². The second-order valence-corrected chi connectivity index (χ2v) is 8.34. The summed E-state index contributed by atoms with van der Waals surface area (Å²) in [6, 6.07) is 13.5. The molecule has 7 nitrogen and oxygen atoms in total. The lowest BCUT2D eigenvalue weighted by atomic mass is 9.85. The first-order chi connectivity index (χ1) is 15.4. The maximum absolute atomic E-state index is 12.3. The quantitative estimate of drug-likeness (QED) is 0.494. The van der Waals surface area contributed by atoms with Gasteiger partial charge in [0.2, 0.25) is 0 Å². The molecule has 170 valence electrons. The van der Waals surface area contributed by atoms with Crippen LogP contribution in [0.25, 0.3) is 0 Å². The Morgan fingerprint density at radius 1 is 0.844 bits per heavy atom. The monoisotopic (exact) mass is 458 g/mol. The molecular formula is C24H27ClN2O5. The molecule has 0 aliphatic heterocycles. The van der Waals surface area contributed by atoms with Crippen LogP contribution in [-0.2, 0) is 4.79 Å². The zero-order valence-corrected chi connectivity index (χ0v) is 18.4. The van der Waals surface area contributed by atoms with E-state index in [9.17, 15) is 14.4 Å². The summed E-state index contributed by atoms with van der Waals surface area (Å²) in [7, 11) is 0. The normalized spacial score (nSPS) is 17.9. The van der Waals surface area contributed by atoms with E-state index in [0.717, 1.165) is 25.7 Å². The molecule has 3 rings (SSSR count). The van der Waals surface area contributed by atoms with E-state index in [1.54, 1.807) is 48.5 Å². The summed E-state index contributed by atoms with van der Waals surface area (Å²) in [5.74, 6) is -0.277. The standard InChI is InChI=1S/C24H27ClN2O5/c25-19-7-3-17(4-8-19)23(30)26-13-14-27-24(31)18-5-11-21(12-6-18)32-20-9-1-16(2-10-20)15-22(28)29/h3-8,11-12,16,20H,1-2,9-10,13-15H2,(H,26,30)(H,27,31)(H,28,29)/t16-,20+. The van der Waals surface area contributed by atoms with E-state index in [1.165, 1.54) is 0 Å². The van der Waals surface area contributed by atoms with E-state index in [4.69, 9.17) is 21.4 Å². The number of carboxylic acid groups (broad SMARTS) is 1. The van der Waals surface area contributed by atoms with Crippen LogP contribution in [0.3, 0.4) is 0 Å². The molecule has 32 heavy (non-hydrogen) atoms. The van der Waals surface area contributed by atoms with Crippen molar-refractivity contribution in [2.75, 3.05) is 13.1 Å². The highest BCUT2D eigenvalue weighted by Gasteiger charge is 2.24. The van der Waals surface area contributed by atoms with Crippen LogP contribution in [0.5, 0.6) is 5.75 Å². The zero-order chi connectivity index (χ0) is 22.9. The average Bonchev–Trinajstić information content (AvgIpc) is 2.78. The number of benzene rings is 2. The average molecular weight is 459 g/mol. The molecule has 2 aromatic rings. The number of aliphatic carboxylic acids is 1. The number of halogens is 1. The zero-order valence-electron chi connectivity index (χ0n) is 17.7. The van der Waals surface area contributed by atoms with Crippen molar-refractivity contribution in [3.63, 3.8) is 0 Å². The summed E-state index contributed by atoms with van der Waals surface area (Å²) < 4.78 is 5.98. The predicted molar refractivity (Wildman–Crippen MR) is 121 cm³/mol. The summed E-state index contributed by atoms with van der Waals surface area (Å²) in [5, 5.41) is 15.0. The predicted octanol–water partition coefficient (Wildman–Crippen LogP) is 3.91. The Balaban J connectivity index is 1.37. The maximum Gasteiger partial charge on any atom is 0.303 e. The van der Waals surface area contributed by atoms with E-state index in [0.29, 0.717) is 35.0 Å². The number of hydrogen-bond acceptors (Lipinski definition) is 4. The fourth-order valence-corrected chi connectivity index (χ4v) is 3.86. The van der Waals surface area contributed by atoms with Gasteiger partial charge in [0, 0.05) is 35.7 Å². The second kappa shape index (κ2) is 11.5. The molecule has 1 saturated carbocycles. The van der Waals surface area contributed by atoms with Gasteiger partial charge >= 0.3 is 5.97 Å². The smallest absolute Gasteiger partial charge is 0.303 e. The van der Waals surface area contributed by atoms with Crippen molar-refractivity contribution in [1.82, 2.24) is 10.6 Å². The van der Waals surface area contributed by atoms with E-state index in [-0.39, 0.29) is 30.3 Å². The van der Waals surface area contributed by atoms with Gasteiger partial charge in [0.1, 0.15) is 5.75 Å². The van der Waals surface area contributed by atoms with Crippen molar-refractivity contribution >= 4 is 29.4 Å². The van der Waals surface area contributed by atoms with Gasteiger partial charge in [0.25, 0.3) is 11.8 Å². The Morgan fingerprint density at radius 2 is 1.34 bits per heavy atom. The molecule has 0 atom stereocenters. The number of amides is 2. The Bertz CT molecular complexity index is 922. The summed E-state index contributed by atoms with van der Waals surface area (Å²) in [6.07, 6.45) is 3.67. The molecule has 3 N–H and O–H groups in total. The van der Waals surface area contributed by atoms with Gasteiger partial charge in [-0.3, -0.25) is 14.4 Å². The number of carboxylic acids is 1. The number of carbonyl (C=O) groups excluding carboxylic acids is 2. The van der Waals surface area contributed by atoms with E-state index in [1.807, 2.05) is 0 Å². The summed E-state index contributed by atoms with van der Waals surface area (Å²) in [6.45, 7) is 0.606. The van der Waals surface area contributed by atoms with Crippen molar-refractivity contribution in [3.05, 3.63) is 64.7 Å². The second-order valence-electron chi connectivity index (χ2n) is 7.90. The van der Waals surface area contributed by atoms with Gasteiger partial charge in [0.05, 0.1) is 6.10 Å². The summed E-state index contributed by atoms with van der Waals surface area (Å²) in [4.78, 5) is 35.1. The number of carbonyl (C=O) groups is 3. The fourth-order valence-electron chi connectivity index (χ4n) is 3.74. The van der Waals surface area contributed by atoms with E-state index >= 15 is 0 Å². The van der Waals surface area contributed by atoms with Gasteiger partial charge < -0.3 is 20.5 Å². The summed E-state index contributed by atoms with van der Waals surface area (Å²) in [5.41, 5.74) is 1.01. The van der Waals surface area contributed by atoms with Crippen LogP contribution < -0.4 is 15.4 Å². The minimum absolute atomic E-state index is 0.0731. The number of hydrogen-bond donors (Lipinski definition) is 3. The first-order valence-corrected chi connectivity index (χ1v) is 11.1. The minimum Gasteiger partial charge on any atom is -0.490 e. The highest BCUT2D eigenvalue weighted by molar-refractivity contribution is 6.30. The first-order valence-electron chi connectivity index (χ1n) is 10.7. The first kappa shape index (κ1) is 23.6. The van der Waals surface area contributed by atoms with Crippen LogP contribution in [0, 0.1) is 5.92 Å². The van der Waals surface area contributed by atoms with Crippen molar-refractivity contribution < 1.29 is 24.2 Å². The fraction of sp³-hybridized carbons (Fsp3) is 0.375. The molecule has 0 radical (unpaired) electrons. The van der Waals surface area contributed by atoms with Crippen LogP contribution in [0.2, 0.25) is 5.02 Å². The molecule has 0 saturated heterocycles. The van der Waals surface area contributed by atoms with Crippen LogP contribution in [0.1, 0.15) is 52.8 Å². The molecule has 0 spiro atoms. The molecule has 1 aliphatic rings. The Hall–Kier alpha value is -3.06. The van der Waals surface area contributed by atoms with Crippen molar-refractivity contribution in [2.24, 2.45) is 5.92 Å². The molecule has 0 aromatic heterocycles. The number of nitrogens with one attached hydrogen (secondary N) is 2. The van der Waals surface area contributed by atoms with Crippen molar-refractivity contribution in [2.45, 2.75) is 38.2 Å². The molecule has 2 aromatic carbocycles. The molecular weight excluding hydrogens is 432 g/mol. The van der Waals surface area contributed by atoms with Crippen LogP contribution in [-0.4, -0.2) is 42.1 Å². The van der Waals surface area contributed by atoms with E-state index < -0.39 is 5.97 Å². The molecule has 2 amide bonds. The SMILES string of the molecule is O=C(O)C[C@H]1CC[C@@H](Oc2ccc(C(=O)NCCNC(=O)c3ccc(Cl)cc3)cc2)CC1. The lowest BCUT2D eigenvalue weighted by Crippen LogP contribution is -2.34. The third kappa shape index (κ3) is 7.27. The highest BCUT2D eigenvalue weighted by Crippen LogP contribution is 2.29. The topological polar surface area (TPSA) is 105 Å². The molecule has 0 bridgehead atoms. The van der Waals surface area contributed by atoms with Gasteiger partial charge in [-0.05, 0) is 80.1 Å². The Kier molecular flexibility index (Phi) is 8.50. The third-order valence-electron chi connectivity index (χ3n) is 5.48. The number of rotatable bonds is 9. The van der Waals surface area contributed by atoms with Gasteiger partial charge in [-0.1, -0.05) is 11.6 Å². The maximum atomic E-state index is 12.3.